The Labute approximate surface area is 90.0 Å². The van der Waals surface area contributed by atoms with Gasteiger partial charge in [0.2, 0.25) is 0 Å². The maximum Gasteiger partial charge on any atom is 0.181 e. The van der Waals surface area contributed by atoms with Gasteiger partial charge in [-0.15, -0.1) is 10.2 Å². The monoisotopic (exact) mass is 224 g/mol. The normalized spacial score (nSPS) is 13.3. The molecule has 80 valence electrons. The highest BCUT2D eigenvalue weighted by Crippen LogP contribution is 2.17. The second kappa shape index (κ2) is 3.37. The van der Waals surface area contributed by atoms with Crippen molar-refractivity contribution in [3.8, 4) is 0 Å². The summed E-state index contributed by atoms with van der Waals surface area (Å²) < 4.78 is 13.1. The van der Waals surface area contributed by atoms with E-state index in [1.807, 2.05) is 20.8 Å². The molecule has 0 aromatic carbocycles. The van der Waals surface area contributed by atoms with Gasteiger partial charge < -0.3 is 0 Å². The standard InChI is InChI=1S/C9H12N4OS/c1-5-6(2)9(15(4)14)12-13-7(3)10-11-8(5)13/h1-4H3. The minimum absolute atomic E-state index is 0.600. The van der Waals surface area contributed by atoms with E-state index in [1.165, 1.54) is 0 Å². The Kier molecular flexibility index (Phi) is 2.30. The van der Waals surface area contributed by atoms with Crippen LogP contribution >= 0.6 is 0 Å². The van der Waals surface area contributed by atoms with Crippen LogP contribution in [0.1, 0.15) is 17.0 Å². The summed E-state index contributed by atoms with van der Waals surface area (Å²) in [6, 6.07) is 0. The van der Waals surface area contributed by atoms with Gasteiger partial charge in [0, 0.05) is 11.8 Å². The molecule has 0 aliphatic heterocycles. The average Bonchev–Trinajstić information content (AvgIpc) is 2.53. The van der Waals surface area contributed by atoms with Gasteiger partial charge in [-0.25, -0.2) is 0 Å². The van der Waals surface area contributed by atoms with Crippen molar-refractivity contribution in [2.45, 2.75) is 25.8 Å². The summed E-state index contributed by atoms with van der Waals surface area (Å²) in [6.07, 6.45) is 1.63. The first kappa shape index (κ1) is 10.2. The molecule has 0 N–H and O–H groups in total. The Morgan fingerprint density at radius 1 is 1.13 bits per heavy atom. The van der Waals surface area contributed by atoms with Crippen molar-refractivity contribution in [1.82, 2.24) is 19.8 Å². The summed E-state index contributed by atoms with van der Waals surface area (Å²) in [5, 5.41) is 12.9. The van der Waals surface area contributed by atoms with Crippen molar-refractivity contribution < 1.29 is 4.21 Å². The molecule has 0 bridgehead atoms. The topological polar surface area (TPSA) is 60.2 Å². The van der Waals surface area contributed by atoms with Crippen LogP contribution in [0, 0.1) is 20.8 Å². The average molecular weight is 224 g/mol. The van der Waals surface area contributed by atoms with E-state index in [4.69, 9.17) is 0 Å². The number of rotatable bonds is 1. The molecule has 5 nitrogen and oxygen atoms in total. The van der Waals surface area contributed by atoms with E-state index in [2.05, 4.69) is 15.3 Å². The van der Waals surface area contributed by atoms with E-state index < -0.39 is 10.8 Å². The first-order valence-corrected chi connectivity index (χ1v) is 6.11. The first-order chi connectivity index (χ1) is 7.02. The van der Waals surface area contributed by atoms with Crippen LogP contribution < -0.4 is 0 Å². The zero-order valence-corrected chi connectivity index (χ0v) is 9.92. The van der Waals surface area contributed by atoms with Crippen LogP contribution in [-0.2, 0) is 10.8 Å². The van der Waals surface area contributed by atoms with Gasteiger partial charge in [0.1, 0.15) is 0 Å². The van der Waals surface area contributed by atoms with Gasteiger partial charge in [-0.05, 0) is 26.3 Å². The Morgan fingerprint density at radius 3 is 2.40 bits per heavy atom. The molecular weight excluding hydrogens is 212 g/mol. The van der Waals surface area contributed by atoms with Crippen molar-refractivity contribution in [3.05, 3.63) is 17.0 Å². The second-order valence-corrected chi connectivity index (χ2v) is 4.79. The molecule has 2 heterocycles. The van der Waals surface area contributed by atoms with Crippen LogP contribution in [0.25, 0.3) is 5.65 Å². The quantitative estimate of drug-likeness (QED) is 0.718. The van der Waals surface area contributed by atoms with E-state index in [-0.39, 0.29) is 0 Å². The molecule has 0 saturated heterocycles. The molecule has 15 heavy (non-hydrogen) atoms. The lowest BCUT2D eigenvalue weighted by molar-refractivity contribution is 0.677. The molecule has 0 fully saturated rings. The Morgan fingerprint density at radius 2 is 1.80 bits per heavy atom. The van der Waals surface area contributed by atoms with E-state index in [9.17, 15) is 4.21 Å². The smallest absolute Gasteiger partial charge is 0.181 e. The molecule has 2 aromatic rings. The fraction of sp³-hybridized carbons (Fsp3) is 0.444. The zero-order chi connectivity index (χ0) is 11.2. The minimum atomic E-state index is -1.09. The number of nitrogens with zero attached hydrogens (tertiary/aromatic N) is 4. The number of aromatic nitrogens is 4. The predicted molar refractivity (Wildman–Crippen MR) is 57.3 cm³/mol. The summed E-state index contributed by atoms with van der Waals surface area (Å²) >= 11 is 0. The second-order valence-electron chi connectivity index (χ2n) is 3.49. The lowest BCUT2D eigenvalue weighted by Gasteiger charge is -2.06. The highest BCUT2D eigenvalue weighted by molar-refractivity contribution is 7.84. The van der Waals surface area contributed by atoms with Gasteiger partial charge in [0.05, 0.1) is 10.8 Å². The summed E-state index contributed by atoms with van der Waals surface area (Å²) in [4.78, 5) is 0. The number of fused-ring (bicyclic) bond motifs is 1. The Hall–Kier alpha value is -1.30. The largest absolute Gasteiger partial charge is 0.253 e. The van der Waals surface area contributed by atoms with Gasteiger partial charge in [-0.1, -0.05) is 0 Å². The lowest BCUT2D eigenvalue weighted by Crippen LogP contribution is -2.06. The van der Waals surface area contributed by atoms with Gasteiger partial charge in [0.15, 0.2) is 16.5 Å². The molecular formula is C9H12N4OS. The molecule has 0 amide bonds. The predicted octanol–water partition coefficient (Wildman–Crippen LogP) is 0.787. The summed E-state index contributed by atoms with van der Waals surface area (Å²) in [5.74, 6) is 0.708. The molecule has 0 radical (unpaired) electrons. The maximum absolute atomic E-state index is 11.5. The summed E-state index contributed by atoms with van der Waals surface area (Å²) in [6.45, 7) is 5.67. The van der Waals surface area contributed by atoms with E-state index >= 15 is 0 Å². The van der Waals surface area contributed by atoms with E-state index in [1.54, 1.807) is 10.8 Å². The molecule has 0 spiro atoms. The fourth-order valence-corrected chi connectivity index (χ4v) is 2.26. The summed E-state index contributed by atoms with van der Waals surface area (Å²) in [5.41, 5.74) is 2.64. The van der Waals surface area contributed by atoms with Gasteiger partial charge in [-0.2, -0.15) is 9.61 Å². The van der Waals surface area contributed by atoms with Crippen LogP contribution in [0.3, 0.4) is 0 Å². The van der Waals surface area contributed by atoms with Crippen LogP contribution in [-0.4, -0.2) is 30.3 Å². The molecule has 0 aliphatic rings. The molecule has 6 heteroatoms. The fourth-order valence-electron chi connectivity index (χ4n) is 1.48. The lowest BCUT2D eigenvalue weighted by atomic mass is 10.2. The van der Waals surface area contributed by atoms with Crippen molar-refractivity contribution in [1.29, 1.82) is 0 Å². The number of hydrogen-bond donors (Lipinski definition) is 0. The molecule has 0 aliphatic carbocycles. The van der Waals surface area contributed by atoms with Crippen molar-refractivity contribution in [2.24, 2.45) is 0 Å². The molecule has 1 atom stereocenters. The van der Waals surface area contributed by atoms with E-state index in [0.29, 0.717) is 10.9 Å². The third kappa shape index (κ3) is 1.45. The van der Waals surface area contributed by atoms with Gasteiger partial charge in [0.25, 0.3) is 0 Å². The first-order valence-electron chi connectivity index (χ1n) is 4.55. The minimum Gasteiger partial charge on any atom is -0.253 e. The zero-order valence-electron chi connectivity index (χ0n) is 9.11. The van der Waals surface area contributed by atoms with Crippen LogP contribution in [0.5, 0.6) is 0 Å². The highest BCUT2D eigenvalue weighted by atomic mass is 32.2. The maximum atomic E-state index is 11.5. The Balaban J connectivity index is 2.91. The molecule has 2 rings (SSSR count). The van der Waals surface area contributed by atoms with Crippen LogP contribution in [0.15, 0.2) is 5.03 Å². The Bertz CT molecular complexity index is 561. The van der Waals surface area contributed by atoms with Crippen molar-refractivity contribution >= 4 is 16.4 Å². The SMILES string of the molecule is Cc1c(S(C)=O)nn2c(C)nnc2c1C. The number of aryl methyl sites for hydroxylation is 2. The third-order valence-electron chi connectivity index (χ3n) is 2.48. The number of hydrogen-bond acceptors (Lipinski definition) is 4. The molecule has 2 aromatic heterocycles. The highest BCUT2D eigenvalue weighted by Gasteiger charge is 2.14. The van der Waals surface area contributed by atoms with Gasteiger partial charge in [-0.3, -0.25) is 4.21 Å². The van der Waals surface area contributed by atoms with Crippen LogP contribution in [0.2, 0.25) is 0 Å². The van der Waals surface area contributed by atoms with E-state index in [0.717, 1.165) is 16.8 Å². The molecule has 1 unspecified atom stereocenters. The summed E-state index contributed by atoms with van der Waals surface area (Å²) in [7, 11) is -1.09. The molecule has 0 saturated carbocycles. The third-order valence-corrected chi connectivity index (χ3v) is 3.41. The van der Waals surface area contributed by atoms with Crippen molar-refractivity contribution in [3.63, 3.8) is 0 Å². The van der Waals surface area contributed by atoms with Crippen LogP contribution in [0.4, 0.5) is 0 Å². The van der Waals surface area contributed by atoms with Crippen molar-refractivity contribution in [2.75, 3.05) is 6.26 Å². The van der Waals surface area contributed by atoms with Gasteiger partial charge >= 0.3 is 0 Å².